The SMILES string of the molecule is CC(C)C(C#N)C(=O)Nc1cccnc1. The monoisotopic (exact) mass is 203 g/mol. The Bertz CT molecular complexity index is 367. The molecule has 1 aromatic rings. The van der Waals surface area contributed by atoms with Crippen LogP contribution in [0.5, 0.6) is 0 Å². The fourth-order valence-electron chi connectivity index (χ4n) is 1.17. The number of anilines is 1. The summed E-state index contributed by atoms with van der Waals surface area (Å²) in [4.78, 5) is 15.5. The van der Waals surface area contributed by atoms with Gasteiger partial charge in [0.25, 0.3) is 0 Å². The van der Waals surface area contributed by atoms with Gasteiger partial charge in [-0.1, -0.05) is 13.8 Å². The van der Waals surface area contributed by atoms with Crippen LogP contribution in [-0.4, -0.2) is 10.9 Å². The van der Waals surface area contributed by atoms with Crippen LogP contribution >= 0.6 is 0 Å². The molecule has 0 aliphatic carbocycles. The Balaban J connectivity index is 2.68. The first kappa shape index (κ1) is 11.2. The van der Waals surface area contributed by atoms with E-state index in [4.69, 9.17) is 5.26 Å². The summed E-state index contributed by atoms with van der Waals surface area (Å²) in [5, 5.41) is 11.5. The zero-order chi connectivity index (χ0) is 11.3. The van der Waals surface area contributed by atoms with Gasteiger partial charge in [0.1, 0.15) is 5.92 Å². The fraction of sp³-hybridized carbons (Fsp3) is 0.364. The normalized spacial score (nSPS) is 11.9. The van der Waals surface area contributed by atoms with Crippen molar-refractivity contribution >= 4 is 11.6 Å². The highest BCUT2D eigenvalue weighted by Crippen LogP contribution is 2.13. The number of hydrogen-bond acceptors (Lipinski definition) is 3. The van der Waals surface area contributed by atoms with Crippen LogP contribution in [0.4, 0.5) is 5.69 Å². The number of nitrogens with one attached hydrogen (secondary N) is 1. The lowest BCUT2D eigenvalue weighted by Gasteiger charge is -2.12. The van der Waals surface area contributed by atoms with E-state index in [1.54, 1.807) is 24.5 Å². The van der Waals surface area contributed by atoms with E-state index in [0.717, 1.165) is 0 Å². The number of amides is 1. The van der Waals surface area contributed by atoms with Gasteiger partial charge in [0.05, 0.1) is 18.0 Å². The van der Waals surface area contributed by atoms with Gasteiger partial charge < -0.3 is 5.32 Å². The van der Waals surface area contributed by atoms with Crippen molar-refractivity contribution < 1.29 is 4.79 Å². The first-order valence-corrected chi connectivity index (χ1v) is 4.75. The van der Waals surface area contributed by atoms with Crippen LogP contribution in [-0.2, 0) is 4.79 Å². The molecule has 0 aliphatic rings. The molecule has 0 spiro atoms. The minimum atomic E-state index is -0.620. The Kier molecular flexibility index (Phi) is 3.81. The number of rotatable bonds is 3. The van der Waals surface area contributed by atoms with Crippen LogP contribution < -0.4 is 5.32 Å². The zero-order valence-electron chi connectivity index (χ0n) is 8.77. The molecule has 1 heterocycles. The van der Waals surface area contributed by atoms with Crippen molar-refractivity contribution in [1.29, 1.82) is 5.26 Å². The summed E-state index contributed by atoms with van der Waals surface area (Å²) in [6.07, 6.45) is 3.17. The van der Waals surface area contributed by atoms with E-state index >= 15 is 0 Å². The molecule has 0 radical (unpaired) electrons. The van der Waals surface area contributed by atoms with Gasteiger partial charge in [0, 0.05) is 6.20 Å². The highest BCUT2D eigenvalue weighted by Gasteiger charge is 2.21. The van der Waals surface area contributed by atoms with Crippen LogP contribution in [0.15, 0.2) is 24.5 Å². The van der Waals surface area contributed by atoms with Gasteiger partial charge in [-0.3, -0.25) is 9.78 Å². The molecule has 1 unspecified atom stereocenters. The van der Waals surface area contributed by atoms with Gasteiger partial charge in [-0.05, 0) is 18.1 Å². The molecule has 4 heteroatoms. The van der Waals surface area contributed by atoms with E-state index in [9.17, 15) is 4.79 Å². The number of hydrogen-bond donors (Lipinski definition) is 1. The average molecular weight is 203 g/mol. The highest BCUT2D eigenvalue weighted by molar-refractivity contribution is 5.94. The van der Waals surface area contributed by atoms with Crippen molar-refractivity contribution in [2.75, 3.05) is 5.32 Å². The maximum absolute atomic E-state index is 11.6. The molecule has 78 valence electrons. The van der Waals surface area contributed by atoms with Crippen molar-refractivity contribution in [2.24, 2.45) is 11.8 Å². The average Bonchev–Trinajstić information content (AvgIpc) is 2.19. The summed E-state index contributed by atoms with van der Waals surface area (Å²) in [6, 6.07) is 5.45. The summed E-state index contributed by atoms with van der Waals surface area (Å²) >= 11 is 0. The summed E-state index contributed by atoms with van der Waals surface area (Å²) < 4.78 is 0. The Morgan fingerprint density at radius 2 is 2.33 bits per heavy atom. The molecule has 1 aromatic heterocycles. The first-order valence-electron chi connectivity index (χ1n) is 4.75. The second-order valence-corrected chi connectivity index (χ2v) is 3.58. The van der Waals surface area contributed by atoms with Crippen LogP contribution in [0.3, 0.4) is 0 Å². The quantitative estimate of drug-likeness (QED) is 0.814. The third kappa shape index (κ3) is 3.06. The van der Waals surface area contributed by atoms with Crippen molar-refractivity contribution in [3.05, 3.63) is 24.5 Å². The molecule has 1 atom stereocenters. The van der Waals surface area contributed by atoms with E-state index in [1.807, 2.05) is 19.9 Å². The zero-order valence-corrected chi connectivity index (χ0v) is 8.77. The molecule has 0 fully saturated rings. The minimum absolute atomic E-state index is 0.00618. The summed E-state index contributed by atoms with van der Waals surface area (Å²) in [5.41, 5.74) is 0.614. The second kappa shape index (κ2) is 5.11. The number of aromatic nitrogens is 1. The molecule has 0 saturated heterocycles. The number of nitrogens with zero attached hydrogens (tertiary/aromatic N) is 2. The summed E-state index contributed by atoms with van der Waals surface area (Å²) in [7, 11) is 0. The van der Waals surface area contributed by atoms with Gasteiger partial charge in [0.15, 0.2) is 0 Å². The predicted octanol–water partition coefficient (Wildman–Crippen LogP) is 1.82. The van der Waals surface area contributed by atoms with Crippen LogP contribution in [0.1, 0.15) is 13.8 Å². The molecule has 0 aromatic carbocycles. The third-order valence-electron chi connectivity index (χ3n) is 2.02. The molecule has 1 N–H and O–H groups in total. The Morgan fingerprint density at radius 1 is 1.60 bits per heavy atom. The van der Waals surface area contributed by atoms with Crippen molar-refractivity contribution in [2.45, 2.75) is 13.8 Å². The lowest BCUT2D eigenvalue weighted by molar-refractivity contribution is -0.119. The molecule has 4 nitrogen and oxygen atoms in total. The maximum atomic E-state index is 11.6. The highest BCUT2D eigenvalue weighted by atomic mass is 16.1. The predicted molar refractivity (Wildman–Crippen MR) is 56.8 cm³/mol. The van der Waals surface area contributed by atoms with Gasteiger partial charge >= 0.3 is 0 Å². The molecule has 1 rings (SSSR count). The van der Waals surface area contributed by atoms with E-state index in [0.29, 0.717) is 5.69 Å². The lowest BCUT2D eigenvalue weighted by atomic mass is 9.97. The van der Waals surface area contributed by atoms with Crippen molar-refractivity contribution in [3.8, 4) is 6.07 Å². The van der Waals surface area contributed by atoms with E-state index in [-0.39, 0.29) is 11.8 Å². The van der Waals surface area contributed by atoms with E-state index in [2.05, 4.69) is 10.3 Å². The molecular weight excluding hydrogens is 190 g/mol. The number of pyridine rings is 1. The maximum Gasteiger partial charge on any atom is 0.242 e. The standard InChI is InChI=1S/C11H13N3O/c1-8(2)10(6-12)11(15)14-9-4-3-5-13-7-9/h3-5,7-8,10H,1-2H3,(H,14,15). The van der Waals surface area contributed by atoms with Crippen LogP contribution in [0.25, 0.3) is 0 Å². The van der Waals surface area contributed by atoms with Gasteiger partial charge in [-0.25, -0.2) is 0 Å². The topological polar surface area (TPSA) is 65.8 Å². The largest absolute Gasteiger partial charge is 0.324 e. The number of carbonyl (C=O) groups excluding carboxylic acids is 1. The molecule has 0 bridgehead atoms. The van der Waals surface area contributed by atoms with Gasteiger partial charge in [-0.2, -0.15) is 5.26 Å². The Hall–Kier alpha value is -1.89. The van der Waals surface area contributed by atoms with Gasteiger partial charge in [0.2, 0.25) is 5.91 Å². The summed E-state index contributed by atoms with van der Waals surface area (Å²) in [5.74, 6) is -0.891. The Morgan fingerprint density at radius 3 is 2.80 bits per heavy atom. The van der Waals surface area contributed by atoms with Crippen molar-refractivity contribution in [1.82, 2.24) is 4.98 Å². The first-order chi connectivity index (χ1) is 7.15. The molecule has 0 saturated carbocycles. The Labute approximate surface area is 88.9 Å². The fourth-order valence-corrected chi connectivity index (χ4v) is 1.17. The smallest absolute Gasteiger partial charge is 0.242 e. The van der Waals surface area contributed by atoms with Crippen molar-refractivity contribution in [3.63, 3.8) is 0 Å². The van der Waals surface area contributed by atoms with Crippen LogP contribution in [0.2, 0.25) is 0 Å². The minimum Gasteiger partial charge on any atom is -0.324 e. The molecular formula is C11H13N3O. The molecule has 0 aliphatic heterocycles. The summed E-state index contributed by atoms with van der Waals surface area (Å²) in [6.45, 7) is 3.69. The molecule has 1 amide bonds. The third-order valence-corrected chi connectivity index (χ3v) is 2.02. The number of nitriles is 1. The van der Waals surface area contributed by atoms with E-state index < -0.39 is 5.92 Å². The second-order valence-electron chi connectivity index (χ2n) is 3.58. The molecule has 15 heavy (non-hydrogen) atoms. The van der Waals surface area contributed by atoms with E-state index in [1.165, 1.54) is 0 Å². The van der Waals surface area contributed by atoms with Crippen LogP contribution in [0, 0.1) is 23.2 Å². The lowest BCUT2D eigenvalue weighted by Crippen LogP contribution is -2.25. The number of carbonyl (C=O) groups is 1. The van der Waals surface area contributed by atoms with Gasteiger partial charge in [-0.15, -0.1) is 0 Å².